The monoisotopic (exact) mass is 236 g/mol. The summed E-state index contributed by atoms with van der Waals surface area (Å²) < 4.78 is 6.81. The third kappa shape index (κ3) is 2.27. The Hall–Kier alpha value is -1.92. The largest absolute Gasteiger partial charge is 0.381 e. The maximum Gasteiger partial charge on any atom is 0.248 e. The summed E-state index contributed by atoms with van der Waals surface area (Å²) in [5.74, 6) is 1.92. The standard InChI is InChI=1S/C10H16N6O/c1-4-7-12-8(17-14-7)5-16-9(6(2)3)10(11)13-15-16/h6H,4-5,11H2,1-3H3. The number of aromatic nitrogens is 5. The Kier molecular flexibility index (Phi) is 3.08. The summed E-state index contributed by atoms with van der Waals surface area (Å²) >= 11 is 0. The van der Waals surface area contributed by atoms with Crippen LogP contribution in [0.2, 0.25) is 0 Å². The SMILES string of the molecule is CCc1noc(Cn2nnc(N)c2C(C)C)n1. The second-order valence-electron chi connectivity index (χ2n) is 4.13. The predicted octanol–water partition coefficient (Wildman–Crippen LogP) is 0.977. The number of nitrogens with two attached hydrogens (primary N) is 1. The third-order valence-electron chi connectivity index (χ3n) is 2.46. The molecule has 0 unspecified atom stereocenters. The summed E-state index contributed by atoms with van der Waals surface area (Å²) in [7, 11) is 0. The lowest BCUT2D eigenvalue weighted by molar-refractivity contribution is 0.357. The van der Waals surface area contributed by atoms with E-state index in [0.29, 0.717) is 24.1 Å². The van der Waals surface area contributed by atoms with Crippen LogP contribution in [0.3, 0.4) is 0 Å². The smallest absolute Gasteiger partial charge is 0.248 e. The van der Waals surface area contributed by atoms with Gasteiger partial charge in [0.1, 0.15) is 6.54 Å². The van der Waals surface area contributed by atoms with Gasteiger partial charge in [0, 0.05) is 6.42 Å². The molecule has 0 atom stereocenters. The van der Waals surface area contributed by atoms with Crippen LogP contribution in [0.4, 0.5) is 5.82 Å². The zero-order valence-corrected chi connectivity index (χ0v) is 10.2. The van der Waals surface area contributed by atoms with E-state index in [1.807, 2.05) is 20.8 Å². The van der Waals surface area contributed by atoms with Gasteiger partial charge in [-0.25, -0.2) is 4.68 Å². The summed E-state index contributed by atoms with van der Waals surface area (Å²) in [5, 5.41) is 11.7. The molecule has 0 aliphatic carbocycles. The quantitative estimate of drug-likeness (QED) is 0.850. The van der Waals surface area contributed by atoms with Gasteiger partial charge in [-0.05, 0) is 5.92 Å². The van der Waals surface area contributed by atoms with Crippen molar-refractivity contribution >= 4 is 5.82 Å². The molecule has 7 nitrogen and oxygen atoms in total. The molecular formula is C10H16N6O. The van der Waals surface area contributed by atoms with Gasteiger partial charge in [0.15, 0.2) is 11.6 Å². The second kappa shape index (κ2) is 4.52. The Labute approximate surface area is 99.0 Å². The highest BCUT2D eigenvalue weighted by Gasteiger charge is 2.16. The number of aryl methyl sites for hydroxylation is 1. The van der Waals surface area contributed by atoms with Crippen LogP contribution in [0.1, 0.15) is 44.1 Å². The van der Waals surface area contributed by atoms with Crippen molar-refractivity contribution in [3.8, 4) is 0 Å². The number of rotatable bonds is 4. The van der Waals surface area contributed by atoms with E-state index in [0.717, 1.165) is 12.1 Å². The summed E-state index contributed by atoms with van der Waals surface area (Å²) in [4.78, 5) is 4.23. The number of nitrogens with zero attached hydrogens (tertiary/aromatic N) is 5. The van der Waals surface area contributed by atoms with Crippen molar-refractivity contribution in [1.29, 1.82) is 0 Å². The van der Waals surface area contributed by atoms with E-state index in [2.05, 4.69) is 20.5 Å². The zero-order valence-electron chi connectivity index (χ0n) is 10.2. The van der Waals surface area contributed by atoms with Crippen LogP contribution < -0.4 is 5.73 Å². The van der Waals surface area contributed by atoms with Gasteiger partial charge in [0.2, 0.25) is 5.89 Å². The summed E-state index contributed by atoms with van der Waals surface area (Å²) in [5.41, 5.74) is 6.66. The fraction of sp³-hybridized carbons (Fsp3) is 0.600. The van der Waals surface area contributed by atoms with Gasteiger partial charge in [-0.15, -0.1) is 5.10 Å². The lowest BCUT2D eigenvalue weighted by atomic mass is 10.1. The molecule has 2 heterocycles. The summed E-state index contributed by atoms with van der Waals surface area (Å²) in [6, 6.07) is 0. The van der Waals surface area contributed by atoms with Crippen molar-refractivity contribution in [3.63, 3.8) is 0 Å². The van der Waals surface area contributed by atoms with Crippen LogP contribution >= 0.6 is 0 Å². The molecule has 92 valence electrons. The number of nitrogen functional groups attached to an aromatic ring is 1. The van der Waals surface area contributed by atoms with Gasteiger partial charge in [-0.3, -0.25) is 0 Å². The van der Waals surface area contributed by atoms with E-state index in [1.54, 1.807) is 4.68 Å². The van der Waals surface area contributed by atoms with Crippen molar-refractivity contribution in [3.05, 3.63) is 17.4 Å². The second-order valence-corrected chi connectivity index (χ2v) is 4.13. The first kappa shape index (κ1) is 11.6. The Morgan fingerprint density at radius 3 is 2.76 bits per heavy atom. The Morgan fingerprint density at radius 2 is 2.18 bits per heavy atom. The van der Waals surface area contributed by atoms with Crippen LogP contribution in [-0.2, 0) is 13.0 Å². The summed E-state index contributed by atoms with van der Waals surface area (Å²) in [6.45, 7) is 6.46. The summed E-state index contributed by atoms with van der Waals surface area (Å²) in [6.07, 6.45) is 0.750. The highest BCUT2D eigenvalue weighted by Crippen LogP contribution is 2.19. The Bertz CT molecular complexity index is 501. The van der Waals surface area contributed by atoms with Gasteiger partial charge < -0.3 is 10.3 Å². The first-order valence-corrected chi connectivity index (χ1v) is 5.62. The number of anilines is 1. The van der Waals surface area contributed by atoms with Crippen LogP contribution in [0.15, 0.2) is 4.52 Å². The van der Waals surface area contributed by atoms with Crippen molar-refractivity contribution < 1.29 is 4.52 Å². The molecule has 0 aromatic carbocycles. The minimum absolute atomic E-state index is 0.249. The van der Waals surface area contributed by atoms with Crippen LogP contribution in [0.25, 0.3) is 0 Å². The molecular weight excluding hydrogens is 220 g/mol. The minimum Gasteiger partial charge on any atom is -0.381 e. The van der Waals surface area contributed by atoms with Crippen molar-refractivity contribution in [2.45, 2.75) is 39.7 Å². The average Bonchev–Trinajstić information content (AvgIpc) is 2.86. The molecule has 0 aliphatic rings. The van der Waals surface area contributed by atoms with Crippen molar-refractivity contribution in [2.24, 2.45) is 0 Å². The molecule has 0 fully saturated rings. The molecule has 0 bridgehead atoms. The molecule has 17 heavy (non-hydrogen) atoms. The molecule has 0 saturated heterocycles. The van der Waals surface area contributed by atoms with Crippen LogP contribution in [0, 0.1) is 0 Å². The van der Waals surface area contributed by atoms with E-state index in [1.165, 1.54) is 0 Å². The first-order chi connectivity index (χ1) is 8.11. The topological polar surface area (TPSA) is 95.7 Å². The maximum absolute atomic E-state index is 5.77. The van der Waals surface area contributed by atoms with Gasteiger partial charge in [0.25, 0.3) is 0 Å². The molecule has 0 radical (unpaired) electrons. The molecule has 7 heteroatoms. The van der Waals surface area contributed by atoms with E-state index in [-0.39, 0.29) is 5.92 Å². The molecule has 2 aromatic rings. The fourth-order valence-corrected chi connectivity index (χ4v) is 1.67. The molecule has 0 saturated carbocycles. The van der Waals surface area contributed by atoms with Crippen molar-refractivity contribution in [2.75, 3.05) is 5.73 Å². The van der Waals surface area contributed by atoms with E-state index < -0.39 is 0 Å². The van der Waals surface area contributed by atoms with Crippen molar-refractivity contribution in [1.82, 2.24) is 25.1 Å². The number of hydrogen-bond acceptors (Lipinski definition) is 6. The van der Waals surface area contributed by atoms with E-state index in [4.69, 9.17) is 10.3 Å². The number of hydrogen-bond donors (Lipinski definition) is 1. The van der Waals surface area contributed by atoms with E-state index >= 15 is 0 Å². The van der Waals surface area contributed by atoms with Crippen LogP contribution in [0.5, 0.6) is 0 Å². The lowest BCUT2D eigenvalue weighted by Gasteiger charge is -2.06. The van der Waals surface area contributed by atoms with E-state index in [9.17, 15) is 0 Å². The molecule has 2 N–H and O–H groups in total. The molecule has 2 aromatic heterocycles. The molecule has 0 aliphatic heterocycles. The maximum atomic E-state index is 5.77. The molecule has 0 amide bonds. The van der Waals surface area contributed by atoms with Gasteiger partial charge in [-0.2, -0.15) is 4.98 Å². The van der Waals surface area contributed by atoms with Gasteiger partial charge >= 0.3 is 0 Å². The van der Waals surface area contributed by atoms with Crippen LogP contribution in [-0.4, -0.2) is 25.1 Å². The first-order valence-electron chi connectivity index (χ1n) is 5.62. The lowest BCUT2D eigenvalue weighted by Crippen LogP contribution is -2.09. The predicted molar refractivity (Wildman–Crippen MR) is 61.3 cm³/mol. The zero-order chi connectivity index (χ0) is 12.4. The molecule has 0 spiro atoms. The fourth-order valence-electron chi connectivity index (χ4n) is 1.67. The third-order valence-corrected chi connectivity index (χ3v) is 2.46. The Morgan fingerprint density at radius 1 is 1.41 bits per heavy atom. The Balaban J connectivity index is 2.23. The highest BCUT2D eigenvalue weighted by atomic mass is 16.5. The molecule has 2 rings (SSSR count). The van der Waals surface area contributed by atoms with Gasteiger partial charge in [0.05, 0.1) is 5.69 Å². The normalized spacial score (nSPS) is 11.3. The minimum atomic E-state index is 0.249. The van der Waals surface area contributed by atoms with Gasteiger partial charge in [-0.1, -0.05) is 31.1 Å². The highest BCUT2D eigenvalue weighted by molar-refractivity contribution is 5.35. The average molecular weight is 236 g/mol.